The molecule has 3 rings (SSSR count). The van der Waals surface area contributed by atoms with Crippen LogP contribution in [-0.4, -0.2) is 51.1 Å². The van der Waals surface area contributed by atoms with Crippen LogP contribution in [0.2, 0.25) is 0 Å². The number of benzene rings is 1. The number of nitrogens with one attached hydrogen (secondary N) is 1. The third kappa shape index (κ3) is 5.23. The van der Waals surface area contributed by atoms with Gasteiger partial charge in [-0.1, -0.05) is 23.9 Å². The summed E-state index contributed by atoms with van der Waals surface area (Å²) in [5, 5.41) is 15.5. The first-order valence-corrected chi connectivity index (χ1v) is 11.5. The van der Waals surface area contributed by atoms with Gasteiger partial charge in [-0.3, -0.25) is 4.79 Å². The number of thioether (sulfide) groups is 1. The first kappa shape index (κ1) is 22.8. The second-order valence-electron chi connectivity index (χ2n) is 6.32. The van der Waals surface area contributed by atoms with Crippen molar-refractivity contribution in [3.8, 4) is 11.4 Å². The number of carbonyl (C=O) groups is 2. The number of nitrogens with zero attached hydrogens (tertiary/aromatic N) is 4. The lowest BCUT2D eigenvalue weighted by Gasteiger charge is -2.10. The monoisotopic (exact) mass is 461 g/mol. The molecule has 0 unspecified atom stereocenters. The van der Waals surface area contributed by atoms with E-state index in [1.165, 1.54) is 27.8 Å². The van der Waals surface area contributed by atoms with Gasteiger partial charge in [0, 0.05) is 4.88 Å². The molecule has 1 amide bonds. The van der Waals surface area contributed by atoms with Crippen molar-refractivity contribution in [3.05, 3.63) is 40.3 Å². The minimum absolute atomic E-state index is 0.0649. The van der Waals surface area contributed by atoms with Crippen molar-refractivity contribution in [1.82, 2.24) is 20.2 Å². The van der Waals surface area contributed by atoms with Gasteiger partial charge in [-0.15, -0.1) is 16.4 Å². The molecule has 0 fully saturated rings. The molecule has 0 spiro atoms. The summed E-state index contributed by atoms with van der Waals surface area (Å²) in [7, 11) is 0. The number of amides is 1. The average Bonchev–Trinajstić information content (AvgIpc) is 3.31. The molecule has 164 valence electrons. The van der Waals surface area contributed by atoms with Gasteiger partial charge in [0.1, 0.15) is 16.4 Å². The molecular weight excluding hydrogens is 438 g/mol. The zero-order valence-electron chi connectivity index (χ0n) is 17.7. The maximum Gasteiger partial charge on any atom is 0.341 e. The predicted octanol–water partition coefficient (Wildman–Crippen LogP) is 3.65. The van der Waals surface area contributed by atoms with Crippen molar-refractivity contribution < 1.29 is 19.1 Å². The molecule has 0 atom stereocenters. The average molecular weight is 462 g/mol. The van der Waals surface area contributed by atoms with Crippen molar-refractivity contribution in [2.45, 2.75) is 32.9 Å². The molecule has 0 radical (unpaired) electrons. The van der Waals surface area contributed by atoms with Crippen molar-refractivity contribution in [1.29, 1.82) is 0 Å². The van der Waals surface area contributed by atoms with Gasteiger partial charge in [0.2, 0.25) is 11.1 Å². The Bertz CT molecular complexity index is 1080. The summed E-state index contributed by atoms with van der Waals surface area (Å²) in [4.78, 5) is 25.8. The number of thiophene rings is 1. The molecule has 3 aromatic rings. The number of rotatable bonds is 9. The fraction of sp³-hybridized carbons (Fsp3) is 0.350. The van der Waals surface area contributed by atoms with E-state index in [2.05, 4.69) is 20.8 Å². The van der Waals surface area contributed by atoms with Crippen molar-refractivity contribution in [3.63, 3.8) is 0 Å². The minimum atomic E-state index is -0.441. The van der Waals surface area contributed by atoms with E-state index in [9.17, 15) is 9.59 Å². The van der Waals surface area contributed by atoms with Gasteiger partial charge < -0.3 is 14.8 Å². The predicted molar refractivity (Wildman–Crippen MR) is 119 cm³/mol. The molecule has 9 nitrogen and oxygen atoms in total. The number of aryl methyl sites for hydroxylation is 1. The van der Waals surface area contributed by atoms with Crippen LogP contribution in [0.1, 0.15) is 34.6 Å². The highest BCUT2D eigenvalue weighted by Crippen LogP contribution is 2.33. The Morgan fingerprint density at radius 1 is 1.19 bits per heavy atom. The molecule has 1 aromatic carbocycles. The molecule has 0 bridgehead atoms. The van der Waals surface area contributed by atoms with Crippen molar-refractivity contribution in [2.75, 3.05) is 24.3 Å². The standard InChI is InChI=1S/C20H23N5O4S2/c1-5-28-15-10-8-7-9-14(15)25-20(22-23-24-25)30-11-16(26)21-18-17(19(27)29-6-2)12(3)13(4)31-18/h7-10H,5-6,11H2,1-4H3,(H,21,26). The molecule has 0 aliphatic carbocycles. The summed E-state index contributed by atoms with van der Waals surface area (Å²) >= 11 is 2.54. The van der Waals surface area contributed by atoms with Crippen LogP contribution in [0.5, 0.6) is 5.75 Å². The maximum absolute atomic E-state index is 12.6. The zero-order chi connectivity index (χ0) is 22.4. The lowest BCUT2D eigenvalue weighted by atomic mass is 10.1. The van der Waals surface area contributed by atoms with E-state index in [-0.39, 0.29) is 18.3 Å². The highest BCUT2D eigenvalue weighted by molar-refractivity contribution is 7.99. The summed E-state index contributed by atoms with van der Waals surface area (Å²) in [5.41, 5.74) is 1.90. The number of para-hydroxylation sites is 2. The lowest BCUT2D eigenvalue weighted by Crippen LogP contribution is -2.17. The van der Waals surface area contributed by atoms with E-state index in [0.717, 1.165) is 10.4 Å². The van der Waals surface area contributed by atoms with Crippen LogP contribution in [0, 0.1) is 13.8 Å². The molecule has 11 heteroatoms. The van der Waals surface area contributed by atoms with Crippen LogP contribution >= 0.6 is 23.1 Å². The highest BCUT2D eigenvalue weighted by atomic mass is 32.2. The Hall–Kier alpha value is -2.92. The van der Waals surface area contributed by atoms with Crippen LogP contribution < -0.4 is 10.1 Å². The number of aromatic nitrogens is 4. The van der Waals surface area contributed by atoms with Gasteiger partial charge >= 0.3 is 5.97 Å². The third-order valence-corrected chi connectivity index (χ3v) is 6.33. The number of hydrogen-bond acceptors (Lipinski definition) is 9. The molecule has 2 aromatic heterocycles. The van der Waals surface area contributed by atoms with Crippen molar-refractivity contribution >= 4 is 40.0 Å². The molecule has 0 saturated carbocycles. The first-order valence-electron chi connectivity index (χ1n) is 9.66. The molecule has 0 aliphatic heterocycles. The van der Waals surface area contributed by atoms with E-state index in [0.29, 0.717) is 33.8 Å². The smallest absolute Gasteiger partial charge is 0.341 e. The van der Waals surface area contributed by atoms with Crippen molar-refractivity contribution in [2.24, 2.45) is 0 Å². The molecule has 1 N–H and O–H groups in total. The second kappa shape index (κ2) is 10.4. The Morgan fingerprint density at radius 2 is 1.97 bits per heavy atom. The molecule has 2 heterocycles. The number of anilines is 1. The topological polar surface area (TPSA) is 108 Å². The normalized spacial score (nSPS) is 10.7. The summed E-state index contributed by atoms with van der Waals surface area (Å²) < 4.78 is 12.3. The fourth-order valence-electron chi connectivity index (χ4n) is 2.79. The summed E-state index contributed by atoms with van der Waals surface area (Å²) in [5.74, 6) is -0.00413. The number of tetrazole rings is 1. The van der Waals surface area contributed by atoms with E-state index in [1.54, 1.807) is 6.92 Å². The van der Waals surface area contributed by atoms with Gasteiger partial charge in [0.15, 0.2) is 0 Å². The minimum Gasteiger partial charge on any atom is -0.492 e. The summed E-state index contributed by atoms with van der Waals surface area (Å²) in [6, 6.07) is 7.40. The van der Waals surface area contributed by atoms with E-state index < -0.39 is 5.97 Å². The van der Waals surface area contributed by atoms with Crippen LogP contribution in [0.15, 0.2) is 29.4 Å². The molecule has 0 saturated heterocycles. The van der Waals surface area contributed by atoms with E-state index in [1.807, 2.05) is 45.0 Å². The van der Waals surface area contributed by atoms with Gasteiger partial charge in [0.25, 0.3) is 0 Å². The van der Waals surface area contributed by atoms with Gasteiger partial charge in [-0.25, -0.2) is 4.79 Å². The first-order chi connectivity index (χ1) is 15.0. The fourth-order valence-corrected chi connectivity index (χ4v) is 4.54. The summed E-state index contributed by atoms with van der Waals surface area (Å²) in [6.45, 7) is 8.16. The number of hydrogen-bond donors (Lipinski definition) is 1. The van der Waals surface area contributed by atoms with Gasteiger partial charge in [0.05, 0.1) is 24.5 Å². The maximum atomic E-state index is 12.6. The van der Waals surface area contributed by atoms with Gasteiger partial charge in [-0.05, 0) is 55.8 Å². The Kier molecular flexibility index (Phi) is 7.64. The Balaban J connectivity index is 1.72. The highest BCUT2D eigenvalue weighted by Gasteiger charge is 2.22. The Labute approximate surface area is 188 Å². The quantitative estimate of drug-likeness (QED) is 0.380. The second-order valence-corrected chi connectivity index (χ2v) is 8.49. The van der Waals surface area contributed by atoms with Crippen LogP contribution in [0.25, 0.3) is 5.69 Å². The zero-order valence-corrected chi connectivity index (χ0v) is 19.3. The van der Waals surface area contributed by atoms with Crippen LogP contribution in [-0.2, 0) is 9.53 Å². The van der Waals surface area contributed by atoms with E-state index >= 15 is 0 Å². The van der Waals surface area contributed by atoms with Crippen LogP contribution in [0.3, 0.4) is 0 Å². The Morgan fingerprint density at radius 3 is 2.71 bits per heavy atom. The molecular formula is C20H23N5O4S2. The van der Waals surface area contributed by atoms with E-state index in [4.69, 9.17) is 9.47 Å². The largest absolute Gasteiger partial charge is 0.492 e. The molecule has 31 heavy (non-hydrogen) atoms. The SMILES string of the molecule is CCOC(=O)c1c(NC(=O)CSc2nnnn2-c2ccccc2OCC)sc(C)c1C. The number of esters is 1. The lowest BCUT2D eigenvalue weighted by molar-refractivity contribution is -0.113. The number of ether oxygens (including phenoxy) is 2. The van der Waals surface area contributed by atoms with Crippen LogP contribution in [0.4, 0.5) is 5.00 Å². The van der Waals surface area contributed by atoms with Gasteiger partial charge in [-0.2, -0.15) is 4.68 Å². The molecule has 0 aliphatic rings. The number of carbonyl (C=O) groups excluding carboxylic acids is 2. The third-order valence-electron chi connectivity index (χ3n) is 4.28. The summed E-state index contributed by atoms with van der Waals surface area (Å²) in [6.07, 6.45) is 0.